The standard InChI is InChI=1S/C18H22N6O/c1-3-15-20-23-18(25-15)16-13-6-4-5-7-14(13)17(22-21-16)19-12-8-10-24(2)11-9-12/h4-7,12H,3,8-11H2,1-2H3,(H,19,22). The Hall–Kier alpha value is -2.54. The fourth-order valence-corrected chi connectivity index (χ4v) is 3.21. The minimum absolute atomic E-state index is 0.423. The minimum atomic E-state index is 0.423. The number of likely N-dealkylation sites (tertiary alicyclic amines) is 1. The van der Waals surface area contributed by atoms with E-state index in [1.54, 1.807) is 0 Å². The first-order valence-corrected chi connectivity index (χ1v) is 8.78. The van der Waals surface area contributed by atoms with Crippen LogP contribution in [0.4, 0.5) is 5.82 Å². The van der Waals surface area contributed by atoms with Crippen LogP contribution in [0, 0.1) is 0 Å². The van der Waals surface area contributed by atoms with Gasteiger partial charge in [-0.2, -0.15) is 0 Å². The first-order valence-electron chi connectivity index (χ1n) is 8.78. The molecule has 1 aliphatic rings. The van der Waals surface area contributed by atoms with Gasteiger partial charge in [0.05, 0.1) is 0 Å². The van der Waals surface area contributed by atoms with E-state index >= 15 is 0 Å². The van der Waals surface area contributed by atoms with Crippen LogP contribution in [-0.2, 0) is 6.42 Å². The van der Waals surface area contributed by atoms with E-state index in [4.69, 9.17) is 4.42 Å². The number of nitrogens with one attached hydrogen (secondary N) is 1. The number of rotatable bonds is 4. The van der Waals surface area contributed by atoms with E-state index in [-0.39, 0.29) is 0 Å². The van der Waals surface area contributed by atoms with Crippen molar-refractivity contribution in [2.24, 2.45) is 0 Å². The molecule has 0 aliphatic carbocycles. The quantitative estimate of drug-likeness (QED) is 0.783. The molecule has 130 valence electrons. The maximum absolute atomic E-state index is 5.68. The highest BCUT2D eigenvalue weighted by Crippen LogP contribution is 2.30. The van der Waals surface area contributed by atoms with Crippen molar-refractivity contribution in [3.05, 3.63) is 30.2 Å². The zero-order valence-electron chi connectivity index (χ0n) is 14.6. The average Bonchev–Trinajstić information content (AvgIpc) is 3.13. The van der Waals surface area contributed by atoms with Crippen molar-refractivity contribution >= 4 is 16.6 Å². The number of hydrogen-bond donors (Lipinski definition) is 1. The SMILES string of the molecule is CCc1nnc(-c2nnc(NC3CCN(C)CC3)c3ccccc23)o1. The summed E-state index contributed by atoms with van der Waals surface area (Å²) in [5.41, 5.74) is 0.636. The molecule has 1 fully saturated rings. The predicted octanol–water partition coefficient (Wildman–Crippen LogP) is 2.75. The van der Waals surface area contributed by atoms with Crippen LogP contribution < -0.4 is 5.32 Å². The van der Waals surface area contributed by atoms with Gasteiger partial charge in [-0.3, -0.25) is 0 Å². The maximum atomic E-state index is 5.68. The molecule has 0 spiro atoms. The molecule has 25 heavy (non-hydrogen) atoms. The van der Waals surface area contributed by atoms with Gasteiger partial charge < -0.3 is 14.6 Å². The van der Waals surface area contributed by atoms with E-state index in [1.807, 2.05) is 25.1 Å². The molecule has 7 nitrogen and oxygen atoms in total. The molecular formula is C18H22N6O. The Labute approximate surface area is 146 Å². The molecule has 2 aromatic heterocycles. The maximum Gasteiger partial charge on any atom is 0.268 e. The average molecular weight is 338 g/mol. The Morgan fingerprint density at radius 2 is 1.84 bits per heavy atom. The molecule has 0 bridgehead atoms. The van der Waals surface area contributed by atoms with Crippen LogP contribution in [0.25, 0.3) is 22.4 Å². The van der Waals surface area contributed by atoms with Gasteiger partial charge in [0.1, 0.15) is 0 Å². The lowest BCUT2D eigenvalue weighted by Gasteiger charge is -2.29. The van der Waals surface area contributed by atoms with Crippen molar-refractivity contribution in [2.75, 3.05) is 25.5 Å². The smallest absolute Gasteiger partial charge is 0.268 e. The van der Waals surface area contributed by atoms with Crippen molar-refractivity contribution in [2.45, 2.75) is 32.2 Å². The summed E-state index contributed by atoms with van der Waals surface area (Å²) in [6.07, 6.45) is 2.92. The highest BCUT2D eigenvalue weighted by Gasteiger charge is 2.20. The molecular weight excluding hydrogens is 316 g/mol. The summed E-state index contributed by atoms with van der Waals surface area (Å²) in [6, 6.07) is 8.51. The molecule has 0 unspecified atom stereocenters. The highest BCUT2D eigenvalue weighted by atomic mass is 16.4. The van der Waals surface area contributed by atoms with Crippen molar-refractivity contribution in [1.29, 1.82) is 0 Å². The van der Waals surface area contributed by atoms with Crippen LogP contribution in [0.3, 0.4) is 0 Å². The number of benzene rings is 1. The summed E-state index contributed by atoms with van der Waals surface area (Å²) >= 11 is 0. The van der Waals surface area contributed by atoms with Crippen LogP contribution in [0.2, 0.25) is 0 Å². The van der Waals surface area contributed by atoms with Gasteiger partial charge >= 0.3 is 0 Å². The largest absolute Gasteiger partial charge is 0.419 e. The van der Waals surface area contributed by atoms with Gasteiger partial charge in [0.2, 0.25) is 5.89 Å². The first kappa shape index (κ1) is 16.0. The van der Waals surface area contributed by atoms with Crippen molar-refractivity contribution in [3.8, 4) is 11.6 Å². The van der Waals surface area contributed by atoms with Gasteiger partial charge in [-0.15, -0.1) is 20.4 Å². The lowest BCUT2D eigenvalue weighted by molar-refractivity contribution is 0.263. The van der Waals surface area contributed by atoms with Crippen LogP contribution in [0.1, 0.15) is 25.7 Å². The van der Waals surface area contributed by atoms with E-state index in [0.717, 1.165) is 42.5 Å². The second kappa shape index (κ2) is 6.76. The number of fused-ring (bicyclic) bond motifs is 1. The number of aryl methyl sites for hydroxylation is 1. The van der Waals surface area contributed by atoms with Gasteiger partial charge in [-0.05, 0) is 33.0 Å². The fraction of sp³-hybridized carbons (Fsp3) is 0.444. The Bertz CT molecular complexity index is 869. The zero-order valence-corrected chi connectivity index (χ0v) is 14.6. The molecule has 0 amide bonds. The topological polar surface area (TPSA) is 80.0 Å². The molecule has 0 atom stereocenters. The third kappa shape index (κ3) is 3.19. The fourth-order valence-electron chi connectivity index (χ4n) is 3.21. The Balaban J connectivity index is 1.69. The summed E-state index contributed by atoms with van der Waals surface area (Å²) < 4.78 is 5.68. The van der Waals surface area contributed by atoms with E-state index in [2.05, 4.69) is 43.7 Å². The van der Waals surface area contributed by atoms with E-state index < -0.39 is 0 Å². The molecule has 1 N–H and O–H groups in total. The van der Waals surface area contributed by atoms with Gasteiger partial charge in [0.15, 0.2) is 11.5 Å². The van der Waals surface area contributed by atoms with Gasteiger partial charge in [0.25, 0.3) is 5.89 Å². The lowest BCUT2D eigenvalue weighted by Crippen LogP contribution is -2.37. The number of aromatic nitrogens is 4. The van der Waals surface area contributed by atoms with Crippen molar-refractivity contribution < 1.29 is 4.42 Å². The second-order valence-electron chi connectivity index (χ2n) is 6.52. The van der Waals surface area contributed by atoms with E-state index in [9.17, 15) is 0 Å². The summed E-state index contributed by atoms with van der Waals surface area (Å²) in [5.74, 6) is 1.85. The van der Waals surface area contributed by atoms with Gasteiger partial charge in [0, 0.05) is 23.2 Å². The second-order valence-corrected chi connectivity index (χ2v) is 6.52. The molecule has 3 heterocycles. The predicted molar refractivity (Wildman–Crippen MR) is 96.3 cm³/mol. The molecule has 7 heteroatoms. The molecule has 1 saturated heterocycles. The molecule has 4 rings (SSSR count). The molecule has 0 radical (unpaired) electrons. The summed E-state index contributed by atoms with van der Waals surface area (Å²) in [6.45, 7) is 4.18. The van der Waals surface area contributed by atoms with E-state index in [1.165, 1.54) is 0 Å². The van der Waals surface area contributed by atoms with Crippen molar-refractivity contribution in [1.82, 2.24) is 25.3 Å². The van der Waals surface area contributed by atoms with Crippen LogP contribution in [-0.4, -0.2) is 51.5 Å². The number of anilines is 1. The Kier molecular flexibility index (Phi) is 4.31. The molecule has 1 aromatic carbocycles. The number of nitrogens with zero attached hydrogens (tertiary/aromatic N) is 5. The Morgan fingerprint density at radius 1 is 1.08 bits per heavy atom. The van der Waals surface area contributed by atoms with Crippen LogP contribution in [0.15, 0.2) is 28.7 Å². The van der Waals surface area contributed by atoms with Gasteiger partial charge in [-0.1, -0.05) is 31.2 Å². The molecule has 1 aliphatic heterocycles. The minimum Gasteiger partial charge on any atom is -0.419 e. The molecule has 3 aromatic rings. The number of piperidine rings is 1. The van der Waals surface area contributed by atoms with Crippen LogP contribution in [0.5, 0.6) is 0 Å². The van der Waals surface area contributed by atoms with Gasteiger partial charge in [-0.25, -0.2) is 0 Å². The normalized spacial score (nSPS) is 16.4. The highest BCUT2D eigenvalue weighted by molar-refractivity contribution is 5.98. The summed E-state index contributed by atoms with van der Waals surface area (Å²) in [5, 5.41) is 22.5. The summed E-state index contributed by atoms with van der Waals surface area (Å²) in [7, 11) is 2.16. The number of hydrogen-bond acceptors (Lipinski definition) is 7. The third-order valence-corrected chi connectivity index (χ3v) is 4.72. The van der Waals surface area contributed by atoms with Crippen molar-refractivity contribution in [3.63, 3.8) is 0 Å². The third-order valence-electron chi connectivity index (χ3n) is 4.72. The van der Waals surface area contributed by atoms with Crippen LogP contribution >= 0.6 is 0 Å². The van der Waals surface area contributed by atoms with E-state index in [0.29, 0.717) is 29.9 Å². The monoisotopic (exact) mass is 338 g/mol. The Morgan fingerprint density at radius 3 is 2.56 bits per heavy atom. The summed E-state index contributed by atoms with van der Waals surface area (Å²) in [4.78, 5) is 2.35. The molecule has 0 saturated carbocycles. The zero-order chi connectivity index (χ0) is 17.2. The lowest BCUT2D eigenvalue weighted by atomic mass is 10.0. The first-order chi connectivity index (χ1) is 12.2.